The molecule has 90 valence electrons. The van der Waals surface area contributed by atoms with Crippen molar-refractivity contribution >= 4 is 37.5 Å². The molecule has 0 saturated heterocycles. The number of rotatable bonds is 3. The Morgan fingerprint density at radius 2 is 1.72 bits per heavy atom. The van der Waals surface area contributed by atoms with E-state index in [4.69, 9.17) is 5.26 Å². The van der Waals surface area contributed by atoms with Crippen molar-refractivity contribution in [3.8, 4) is 6.07 Å². The van der Waals surface area contributed by atoms with Crippen LogP contribution in [0.2, 0.25) is 0 Å². The summed E-state index contributed by atoms with van der Waals surface area (Å²) in [6.07, 6.45) is 0. The van der Waals surface area contributed by atoms with E-state index in [1.54, 1.807) is 12.1 Å². The third-order valence-electron chi connectivity index (χ3n) is 2.49. The van der Waals surface area contributed by atoms with Crippen LogP contribution >= 0.6 is 31.9 Å². The molecule has 2 aromatic carbocycles. The Kier molecular flexibility index (Phi) is 4.40. The number of nitriles is 1. The fraction of sp³-hybridized carbons (Fsp3) is 0.0714. The van der Waals surface area contributed by atoms with Gasteiger partial charge in [-0.1, -0.05) is 6.07 Å². The molecule has 0 aliphatic carbocycles. The summed E-state index contributed by atoms with van der Waals surface area (Å²) in [5.74, 6) is 0. The highest BCUT2D eigenvalue weighted by atomic mass is 79.9. The highest BCUT2D eigenvalue weighted by Crippen LogP contribution is 2.24. The number of hydrogen-bond acceptors (Lipinski definition) is 2. The first kappa shape index (κ1) is 13.1. The summed E-state index contributed by atoms with van der Waals surface area (Å²) < 4.78 is 2.09. The van der Waals surface area contributed by atoms with Crippen molar-refractivity contribution in [2.75, 3.05) is 5.32 Å². The van der Waals surface area contributed by atoms with Crippen LogP contribution in [-0.2, 0) is 6.54 Å². The summed E-state index contributed by atoms with van der Waals surface area (Å²) in [4.78, 5) is 0. The second-order valence-corrected chi connectivity index (χ2v) is 5.50. The molecule has 2 nitrogen and oxygen atoms in total. The molecule has 0 heterocycles. The Labute approximate surface area is 123 Å². The second kappa shape index (κ2) is 6.03. The number of halogens is 2. The maximum absolute atomic E-state index is 8.71. The molecule has 0 aliphatic heterocycles. The number of nitrogens with one attached hydrogen (secondary N) is 1. The maximum Gasteiger partial charge on any atom is 0.0991 e. The van der Waals surface area contributed by atoms with Crippen LogP contribution in [0.15, 0.2) is 51.4 Å². The minimum Gasteiger partial charge on any atom is -0.381 e. The summed E-state index contributed by atoms with van der Waals surface area (Å²) in [7, 11) is 0. The Morgan fingerprint density at radius 3 is 2.33 bits per heavy atom. The number of benzene rings is 2. The van der Waals surface area contributed by atoms with Gasteiger partial charge in [0.15, 0.2) is 0 Å². The molecule has 0 fully saturated rings. The molecule has 0 saturated carbocycles. The molecular weight excluding hydrogens is 356 g/mol. The molecule has 4 heteroatoms. The Balaban J connectivity index is 2.02. The molecule has 18 heavy (non-hydrogen) atoms. The van der Waals surface area contributed by atoms with E-state index in [-0.39, 0.29) is 0 Å². The molecule has 2 rings (SSSR count). The van der Waals surface area contributed by atoms with Crippen LogP contribution in [-0.4, -0.2) is 0 Å². The van der Waals surface area contributed by atoms with Gasteiger partial charge in [-0.3, -0.25) is 0 Å². The largest absolute Gasteiger partial charge is 0.381 e. The predicted octanol–water partition coefficient (Wildman–Crippen LogP) is 4.70. The van der Waals surface area contributed by atoms with Crippen molar-refractivity contribution in [1.29, 1.82) is 5.26 Å². The van der Waals surface area contributed by atoms with Gasteiger partial charge in [-0.2, -0.15) is 5.26 Å². The van der Waals surface area contributed by atoms with Crippen molar-refractivity contribution in [1.82, 2.24) is 0 Å². The van der Waals surface area contributed by atoms with E-state index in [9.17, 15) is 0 Å². The molecule has 0 spiro atoms. The second-order valence-electron chi connectivity index (χ2n) is 3.79. The lowest BCUT2D eigenvalue weighted by molar-refractivity contribution is 1.14. The van der Waals surface area contributed by atoms with E-state index in [1.165, 1.54) is 5.56 Å². The first-order chi connectivity index (χ1) is 8.69. The molecule has 0 radical (unpaired) electrons. The SMILES string of the molecule is N#Cc1ccc(NCc2ccc(Br)c(Br)c2)cc1. The third-order valence-corrected chi connectivity index (χ3v) is 4.37. The van der Waals surface area contributed by atoms with Crippen molar-refractivity contribution < 1.29 is 0 Å². The van der Waals surface area contributed by atoms with Crippen LogP contribution in [0.25, 0.3) is 0 Å². The zero-order valence-corrected chi connectivity index (χ0v) is 12.6. The topological polar surface area (TPSA) is 35.8 Å². The summed E-state index contributed by atoms with van der Waals surface area (Å²) in [5, 5.41) is 12.0. The molecule has 0 aromatic heterocycles. The minimum absolute atomic E-state index is 0.673. The molecule has 0 unspecified atom stereocenters. The van der Waals surface area contributed by atoms with Gasteiger partial charge in [0.05, 0.1) is 11.6 Å². The van der Waals surface area contributed by atoms with Gasteiger partial charge < -0.3 is 5.32 Å². The quantitative estimate of drug-likeness (QED) is 0.855. The van der Waals surface area contributed by atoms with Crippen molar-refractivity contribution in [3.63, 3.8) is 0 Å². The Hall–Kier alpha value is -1.31. The summed E-state index contributed by atoms with van der Waals surface area (Å²) in [5.41, 5.74) is 2.87. The molecule has 0 bridgehead atoms. The van der Waals surface area contributed by atoms with E-state index in [1.807, 2.05) is 18.2 Å². The van der Waals surface area contributed by atoms with Crippen LogP contribution in [0.5, 0.6) is 0 Å². The zero-order chi connectivity index (χ0) is 13.0. The van der Waals surface area contributed by atoms with Gasteiger partial charge in [0.2, 0.25) is 0 Å². The molecule has 0 aliphatic rings. The van der Waals surface area contributed by atoms with E-state index in [0.717, 1.165) is 21.2 Å². The van der Waals surface area contributed by atoms with Crippen LogP contribution in [0, 0.1) is 11.3 Å². The van der Waals surface area contributed by atoms with Crippen LogP contribution in [0.1, 0.15) is 11.1 Å². The third kappa shape index (κ3) is 3.34. The smallest absolute Gasteiger partial charge is 0.0991 e. The lowest BCUT2D eigenvalue weighted by Gasteiger charge is -2.07. The predicted molar refractivity (Wildman–Crippen MR) is 80.3 cm³/mol. The Morgan fingerprint density at radius 1 is 1.00 bits per heavy atom. The van der Waals surface area contributed by atoms with Gasteiger partial charge in [-0.25, -0.2) is 0 Å². The monoisotopic (exact) mass is 364 g/mol. The Bertz CT molecular complexity index is 586. The van der Waals surface area contributed by atoms with Gasteiger partial charge >= 0.3 is 0 Å². The lowest BCUT2D eigenvalue weighted by atomic mass is 10.2. The van der Waals surface area contributed by atoms with Gasteiger partial charge in [0.25, 0.3) is 0 Å². The maximum atomic E-state index is 8.71. The van der Waals surface area contributed by atoms with Crippen molar-refractivity contribution in [2.24, 2.45) is 0 Å². The van der Waals surface area contributed by atoms with Crippen LogP contribution < -0.4 is 5.32 Å². The fourth-order valence-corrected chi connectivity index (χ4v) is 2.19. The average Bonchev–Trinajstić information content (AvgIpc) is 2.41. The van der Waals surface area contributed by atoms with Gasteiger partial charge in [-0.15, -0.1) is 0 Å². The molecule has 0 atom stereocenters. The summed E-state index contributed by atoms with van der Waals surface area (Å²) in [6.45, 7) is 0.748. The van der Waals surface area contributed by atoms with E-state index in [2.05, 4.69) is 55.4 Å². The highest BCUT2D eigenvalue weighted by Gasteiger charge is 1.99. The van der Waals surface area contributed by atoms with E-state index >= 15 is 0 Å². The fourth-order valence-electron chi connectivity index (χ4n) is 1.52. The normalized spacial score (nSPS) is 9.83. The molecule has 1 N–H and O–H groups in total. The van der Waals surface area contributed by atoms with E-state index < -0.39 is 0 Å². The summed E-state index contributed by atoms with van der Waals surface area (Å²) >= 11 is 6.92. The van der Waals surface area contributed by atoms with E-state index in [0.29, 0.717) is 5.56 Å². The molecule has 2 aromatic rings. The minimum atomic E-state index is 0.673. The van der Waals surface area contributed by atoms with Gasteiger partial charge in [0.1, 0.15) is 0 Å². The summed E-state index contributed by atoms with van der Waals surface area (Å²) in [6, 6.07) is 15.7. The van der Waals surface area contributed by atoms with Gasteiger partial charge in [0, 0.05) is 21.2 Å². The number of hydrogen-bond donors (Lipinski definition) is 1. The lowest BCUT2D eigenvalue weighted by Crippen LogP contribution is -1.99. The average molecular weight is 366 g/mol. The number of anilines is 1. The van der Waals surface area contributed by atoms with Crippen LogP contribution in [0.4, 0.5) is 5.69 Å². The first-order valence-corrected chi connectivity index (χ1v) is 6.95. The molecular formula is C14H10Br2N2. The number of nitrogens with zero attached hydrogens (tertiary/aromatic N) is 1. The zero-order valence-electron chi connectivity index (χ0n) is 9.45. The first-order valence-electron chi connectivity index (χ1n) is 5.37. The van der Waals surface area contributed by atoms with Crippen molar-refractivity contribution in [3.05, 3.63) is 62.5 Å². The van der Waals surface area contributed by atoms with Crippen LogP contribution in [0.3, 0.4) is 0 Å². The standard InChI is InChI=1S/C14H10Br2N2/c15-13-6-3-11(7-14(13)16)9-18-12-4-1-10(8-17)2-5-12/h1-7,18H,9H2. The van der Waals surface area contributed by atoms with Crippen molar-refractivity contribution in [2.45, 2.75) is 6.54 Å². The van der Waals surface area contributed by atoms with Gasteiger partial charge in [-0.05, 0) is 73.8 Å². The highest BCUT2D eigenvalue weighted by molar-refractivity contribution is 9.13. The molecule has 0 amide bonds.